The minimum atomic E-state index is 0.560. The Bertz CT molecular complexity index is 6690. The van der Waals surface area contributed by atoms with Gasteiger partial charge < -0.3 is 0 Å². The van der Waals surface area contributed by atoms with Crippen LogP contribution in [0, 0.1) is 0 Å². The van der Waals surface area contributed by atoms with Crippen molar-refractivity contribution in [3.05, 3.63) is 305 Å². The molecule has 14 nitrogen and oxygen atoms in total. The zero-order chi connectivity index (χ0) is 66.0. The van der Waals surface area contributed by atoms with Crippen molar-refractivity contribution in [2.24, 2.45) is 0 Å². The molecule has 10 aromatic heterocycles. The number of fused-ring (bicyclic) bond motifs is 12. The van der Waals surface area contributed by atoms with E-state index in [0.29, 0.717) is 11.6 Å². The summed E-state index contributed by atoms with van der Waals surface area (Å²) in [4.78, 5) is 63.9. The Morgan fingerprint density at radius 1 is 0.190 bits per heavy atom. The van der Waals surface area contributed by atoms with Gasteiger partial charge in [0.1, 0.15) is 36.7 Å². The summed E-state index contributed by atoms with van der Waals surface area (Å²) >= 11 is 0. The highest BCUT2D eigenvalue weighted by molar-refractivity contribution is 6.08. The van der Waals surface area contributed by atoms with E-state index < -0.39 is 0 Å². The lowest BCUT2D eigenvalue weighted by Gasteiger charge is -2.13. The molecule has 0 spiro atoms. The molecule has 0 fully saturated rings. The zero-order valence-corrected chi connectivity index (χ0v) is 53.1. The van der Waals surface area contributed by atoms with Crippen LogP contribution in [0.15, 0.2) is 305 Å². The van der Waals surface area contributed by atoms with Crippen molar-refractivity contribution in [1.82, 2.24) is 69.8 Å². The number of benzene rings is 10. The average molecular weight is 1280 g/mol. The third-order valence-corrected chi connectivity index (χ3v) is 18.6. The first-order valence-corrected chi connectivity index (χ1v) is 32.7. The van der Waals surface area contributed by atoms with Gasteiger partial charge in [-0.1, -0.05) is 158 Å². The van der Waals surface area contributed by atoms with Gasteiger partial charge in [-0.05, 0) is 153 Å². The summed E-state index contributed by atoms with van der Waals surface area (Å²) in [5.41, 5.74) is 21.3. The number of pyridine rings is 8. The van der Waals surface area contributed by atoms with Gasteiger partial charge in [-0.3, -0.25) is 9.97 Å². The van der Waals surface area contributed by atoms with E-state index in [9.17, 15) is 0 Å². The molecule has 0 aliphatic rings. The topological polar surface area (TPSA) is 180 Å². The minimum absolute atomic E-state index is 0.560. The maximum atomic E-state index is 5.15. The predicted octanol–water partition coefficient (Wildman–Crippen LogP) is 19.8. The average Bonchev–Trinajstić information content (AvgIpc) is 0.779. The molecule has 0 radical (unpaired) electrons. The molecule has 20 aromatic rings. The van der Waals surface area contributed by atoms with Crippen LogP contribution in [0.3, 0.4) is 0 Å². The van der Waals surface area contributed by atoms with Gasteiger partial charge in [0.25, 0.3) is 0 Å². The molecule has 100 heavy (non-hydrogen) atoms. The fourth-order valence-corrected chi connectivity index (χ4v) is 13.6. The molecule has 0 atom stereocenters. The van der Waals surface area contributed by atoms with E-state index in [0.717, 1.165) is 187 Å². The van der Waals surface area contributed by atoms with Gasteiger partial charge in [-0.2, -0.15) is 0 Å². The summed E-state index contributed by atoms with van der Waals surface area (Å²) in [7, 11) is 0. The monoisotopic (exact) mass is 1280 g/mol. The Morgan fingerprint density at radius 2 is 0.500 bits per heavy atom. The summed E-state index contributed by atoms with van der Waals surface area (Å²) in [5.74, 6) is 1.12. The highest BCUT2D eigenvalue weighted by Gasteiger charge is 2.17. The Hall–Kier alpha value is -14.0. The molecule has 464 valence electrons. The molecular weight excluding hydrogens is 1230 g/mol. The van der Waals surface area contributed by atoms with Crippen LogP contribution in [-0.4, -0.2) is 69.8 Å². The minimum Gasteiger partial charge on any atom is -0.254 e. The molecule has 0 bridgehead atoms. The summed E-state index contributed by atoms with van der Waals surface area (Å²) in [6.45, 7) is 0. The van der Waals surface area contributed by atoms with Gasteiger partial charge in [-0.25, -0.2) is 59.8 Å². The Labute approximate surface area is 570 Å². The first kappa shape index (κ1) is 57.5. The van der Waals surface area contributed by atoms with E-state index in [4.69, 9.17) is 29.9 Å². The fourth-order valence-electron chi connectivity index (χ4n) is 13.6. The molecule has 0 N–H and O–H groups in total. The maximum Gasteiger partial charge on any atom is 0.181 e. The van der Waals surface area contributed by atoms with Crippen LogP contribution in [0.2, 0.25) is 0 Å². The van der Waals surface area contributed by atoms with Crippen LogP contribution in [0.4, 0.5) is 0 Å². The lowest BCUT2D eigenvalue weighted by Crippen LogP contribution is -1.92. The normalized spacial score (nSPS) is 11.6. The SMILES string of the molecule is c1cnc2c(c1)ccc1ccc(-c3ccc(-c4ccc5cc(-c6ccc7nc(-c8ncncn8)ccc7c6)ccc5n4)c4ccccc34)nc12.c1cnc2c(c1)ccc1ccc(-c3ccc4cc(-c5ccc6cc(-c7ccc8nc(-c9ncncn9)ccc8c7)ccc6n5)ccc4c3)nc12. The van der Waals surface area contributed by atoms with Crippen LogP contribution in [0.25, 0.3) is 199 Å². The van der Waals surface area contributed by atoms with Gasteiger partial charge in [0.05, 0.1) is 66.9 Å². The summed E-state index contributed by atoms with van der Waals surface area (Å²) in [5, 5.41) is 13.2. The summed E-state index contributed by atoms with van der Waals surface area (Å²) in [6.07, 6.45) is 9.59. The summed E-state index contributed by atoms with van der Waals surface area (Å²) in [6, 6.07) is 92.9. The molecule has 0 saturated heterocycles. The van der Waals surface area contributed by atoms with Gasteiger partial charge >= 0.3 is 0 Å². The molecule has 0 unspecified atom stereocenters. The van der Waals surface area contributed by atoms with Crippen LogP contribution in [0.1, 0.15) is 0 Å². The number of hydrogen-bond donors (Lipinski definition) is 0. The second-order valence-electron chi connectivity index (χ2n) is 24.6. The standard InChI is InChI=1S/2C43H25N7/c1-2-26-3-4-27-9-14-39(50-42(27)41(26)45-19-1)33-8-6-28-20-32(7-5-29(28)21-33)37-17-12-34-22-30(10-15-36(34)48-37)31-11-16-38-35(23-31)13-18-40(49-38)43-46-24-44-25-47-43;1-2-6-33-32(5-1)34(14-15-35(33)39-18-9-27-8-7-26-4-3-21-45-41(26)42(27)50-39)38-19-12-30-22-28(10-16-36(30)48-38)29-11-17-37-31(23-29)13-20-40(49-37)43-46-24-44-25-47-43/h2*1-25H. The van der Waals surface area contributed by atoms with Crippen LogP contribution >= 0.6 is 0 Å². The highest BCUT2D eigenvalue weighted by atomic mass is 15.0. The highest BCUT2D eigenvalue weighted by Crippen LogP contribution is 2.39. The Kier molecular flexibility index (Phi) is 13.8. The van der Waals surface area contributed by atoms with E-state index in [1.54, 1.807) is 0 Å². The van der Waals surface area contributed by atoms with Crippen molar-refractivity contribution in [3.8, 4) is 90.3 Å². The number of hydrogen-bond acceptors (Lipinski definition) is 14. The van der Waals surface area contributed by atoms with E-state index in [2.05, 4.69) is 270 Å². The molecule has 10 heterocycles. The lowest BCUT2D eigenvalue weighted by atomic mass is 9.95. The van der Waals surface area contributed by atoms with E-state index in [1.807, 2.05) is 48.8 Å². The van der Waals surface area contributed by atoms with Gasteiger partial charge in [-0.15, -0.1) is 0 Å². The smallest absolute Gasteiger partial charge is 0.181 e. The molecule has 0 aliphatic carbocycles. The fraction of sp³-hybridized carbons (Fsp3) is 0. The third kappa shape index (κ3) is 10.6. The molecule has 14 heteroatoms. The second-order valence-corrected chi connectivity index (χ2v) is 24.6. The molecule has 10 aromatic carbocycles. The molecule has 0 saturated carbocycles. The molecular formula is C86H50N14. The van der Waals surface area contributed by atoms with Crippen molar-refractivity contribution in [1.29, 1.82) is 0 Å². The maximum absolute atomic E-state index is 5.15. The molecule has 0 amide bonds. The Balaban J connectivity index is 0.000000139. The first-order chi connectivity index (χ1) is 49.5. The molecule has 0 aliphatic heterocycles. The van der Waals surface area contributed by atoms with Crippen molar-refractivity contribution >= 4 is 109 Å². The number of nitrogens with zero attached hydrogens (tertiary/aromatic N) is 14. The van der Waals surface area contributed by atoms with Crippen LogP contribution in [-0.2, 0) is 0 Å². The lowest BCUT2D eigenvalue weighted by molar-refractivity contribution is 1.04. The second kappa shape index (κ2) is 24.0. The van der Waals surface area contributed by atoms with Gasteiger partial charge in [0.15, 0.2) is 11.6 Å². The third-order valence-electron chi connectivity index (χ3n) is 18.6. The molecule has 20 rings (SSSR count). The van der Waals surface area contributed by atoms with Crippen molar-refractivity contribution in [2.45, 2.75) is 0 Å². The van der Waals surface area contributed by atoms with Crippen LogP contribution < -0.4 is 0 Å². The van der Waals surface area contributed by atoms with E-state index in [1.165, 1.54) is 25.3 Å². The van der Waals surface area contributed by atoms with Crippen LogP contribution in [0.5, 0.6) is 0 Å². The quantitative estimate of drug-likeness (QED) is 0.131. The zero-order valence-electron chi connectivity index (χ0n) is 53.1. The van der Waals surface area contributed by atoms with Gasteiger partial charge in [0.2, 0.25) is 0 Å². The number of aromatic nitrogens is 14. The Morgan fingerprint density at radius 3 is 0.940 bits per heavy atom. The first-order valence-electron chi connectivity index (χ1n) is 32.7. The number of rotatable bonds is 8. The van der Waals surface area contributed by atoms with Crippen molar-refractivity contribution in [3.63, 3.8) is 0 Å². The van der Waals surface area contributed by atoms with Crippen molar-refractivity contribution in [2.75, 3.05) is 0 Å². The van der Waals surface area contributed by atoms with Gasteiger partial charge in [0, 0.05) is 77.7 Å². The summed E-state index contributed by atoms with van der Waals surface area (Å²) < 4.78 is 0. The van der Waals surface area contributed by atoms with E-state index >= 15 is 0 Å². The van der Waals surface area contributed by atoms with Crippen molar-refractivity contribution < 1.29 is 0 Å². The largest absolute Gasteiger partial charge is 0.254 e. The van der Waals surface area contributed by atoms with E-state index in [-0.39, 0.29) is 0 Å². The predicted molar refractivity (Wildman–Crippen MR) is 401 cm³/mol.